The van der Waals surface area contributed by atoms with Crippen LogP contribution in [0, 0.1) is 12.8 Å². The number of aromatic amines is 1. The number of hydrogen-bond donors (Lipinski definition) is 1. The summed E-state index contributed by atoms with van der Waals surface area (Å²) >= 11 is 0. The summed E-state index contributed by atoms with van der Waals surface area (Å²) in [6.07, 6.45) is 2.49. The van der Waals surface area contributed by atoms with Gasteiger partial charge in [-0.25, -0.2) is 0 Å². The molecule has 1 fully saturated rings. The maximum absolute atomic E-state index is 12.4. The Kier molecular flexibility index (Phi) is 4.37. The summed E-state index contributed by atoms with van der Waals surface area (Å²) in [5, 5.41) is 0. The topological polar surface area (TPSA) is 62.4 Å². The van der Waals surface area contributed by atoms with Crippen LogP contribution in [-0.4, -0.2) is 42.1 Å². The van der Waals surface area contributed by atoms with Gasteiger partial charge in [0.1, 0.15) is 5.56 Å². The number of carbonyl (C=O) groups excluding carboxylic acids is 1. The zero-order valence-corrected chi connectivity index (χ0v) is 11.4. The van der Waals surface area contributed by atoms with E-state index in [-0.39, 0.29) is 16.9 Å². The summed E-state index contributed by atoms with van der Waals surface area (Å²) in [6, 6.07) is 1.46. The van der Waals surface area contributed by atoms with E-state index in [9.17, 15) is 9.59 Å². The van der Waals surface area contributed by atoms with Crippen molar-refractivity contribution in [3.05, 3.63) is 33.7 Å². The Balaban J connectivity index is 2.13. The van der Waals surface area contributed by atoms with Crippen LogP contribution in [-0.2, 0) is 4.74 Å². The standard InChI is InChI=1S/C14H20N2O3/c1-3-16(8-11-4-5-19-9-11)14(18)12-7-15-10(2)6-13(12)17/h6-7,11H,3-5,8-9H2,1-2H3,(H,15,17). The lowest BCUT2D eigenvalue weighted by Gasteiger charge is -2.23. The lowest BCUT2D eigenvalue weighted by atomic mass is 10.1. The van der Waals surface area contributed by atoms with Crippen molar-refractivity contribution in [1.29, 1.82) is 0 Å². The molecule has 0 aromatic carbocycles. The second kappa shape index (κ2) is 6.02. The van der Waals surface area contributed by atoms with Crippen molar-refractivity contribution in [2.45, 2.75) is 20.3 Å². The normalized spacial score (nSPS) is 18.5. The largest absolute Gasteiger partial charge is 0.381 e. The Bertz CT molecular complexity index is 504. The monoisotopic (exact) mass is 264 g/mol. The SMILES string of the molecule is CCN(CC1CCOC1)C(=O)c1c[nH]c(C)cc1=O. The molecule has 1 aromatic rings. The minimum absolute atomic E-state index is 0.198. The van der Waals surface area contributed by atoms with Crippen LogP contribution < -0.4 is 5.43 Å². The van der Waals surface area contributed by atoms with Crippen LogP contribution in [0.4, 0.5) is 0 Å². The predicted molar refractivity (Wildman–Crippen MR) is 72.3 cm³/mol. The third-order valence-electron chi connectivity index (χ3n) is 3.46. The lowest BCUT2D eigenvalue weighted by molar-refractivity contribution is 0.0729. The van der Waals surface area contributed by atoms with Gasteiger partial charge in [0, 0.05) is 43.6 Å². The quantitative estimate of drug-likeness (QED) is 0.888. The predicted octanol–water partition coefficient (Wildman–Crippen LogP) is 1.18. The van der Waals surface area contributed by atoms with Crippen molar-refractivity contribution in [2.75, 3.05) is 26.3 Å². The second-order valence-corrected chi connectivity index (χ2v) is 4.97. The van der Waals surface area contributed by atoms with Gasteiger partial charge in [-0.15, -0.1) is 0 Å². The van der Waals surface area contributed by atoms with Crippen molar-refractivity contribution in [1.82, 2.24) is 9.88 Å². The van der Waals surface area contributed by atoms with Gasteiger partial charge >= 0.3 is 0 Å². The van der Waals surface area contributed by atoms with Crippen LogP contribution in [0.5, 0.6) is 0 Å². The summed E-state index contributed by atoms with van der Waals surface area (Å²) in [5.74, 6) is 0.184. The molecule has 5 nitrogen and oxygen atoms in total. The van der Waals surface area contributed by atoms with E-state index in [4.69, 9.17) is 4.74 Å². The molecular formula is C14H20N2O3. The first-order valence-corrected chi connectivity index (χ1v) is 6.68. The zero-order chi connectivity index (χ0) is 13.8. The van der Waals surface area contributed by atoms with E-state index in [2.05, 4.69) is 4.98 Å². The number of carbonyl (C=O) groups is 1. The van der Waals surface area contributed by atoms with E-state index in [1.807, 2.05) is 6.92 Å². The van der Waals surface area contributed by atoms with Crippen molar-refractivity contribution >= 4 is 5.91 Å². The molecule has 0 bridgehead atoms. The van der Waals surface area contributed by atoms with Crippen LogP contribution in [0.1, 0.15) is 29.4 Å². The highest BCUT2D eigenvalue weighted by Crippen LogP contribution is 2.14. The molecule has 2 rings (SSSR count). The molecule has 1 amide bonds. The first kappa shape index (κ1) is 13.8. The summed E-state index contributed by atoms with van der Waals surface area (Å²) in [5.41, 5.74) is 0.752. The van der Waals surface area contributed by atoms with E-state index in [1.165, 1.54) is 12.3 Å². The second-order valence-electron chi connectivity index (χ2n) is 4.97. The maximum Gasteiger partial charge on any atom is 0.259 e. The van der Waals surface area contributed by atoms with Gasteiger partial charge in [-0.1, -0.05) is 0 Å². The lowest BCUT2D eigenvalue weighted by Crippen LogP contribution is -2.37. The van der Waals surface area contributed by atoms with Crippen molar-refractivity contribution < 1.29 is 9.53 Å². The fourth-order valence-corrected chi connectivity index (χ4v) is 2.31. The molecule has 0 saturated carbocycles. The van der Waals surface area contributed by atoms with Crippen molar-refractivity contribution in [3.63, 3.8) is 0 Å². The third kappa shape index (κ3) is 3.23. The summed E-state index contributed by atoms with van der Waals surface area (Å²) in [6.45, 7) is 6.44. The summed E-state index contributed by atoms with van der Waals surface area (Å²) in [4.78, 5) is 28.9. The molecule has 1 unspecified atom stereocenters. The van der Waals surface area contributed by atoms with E-state index < -0.39 is 0 Å². The smallest absolute Gasteiger partial charge is 0.259 e. The van der Waals surface area contributed by atoms with Gasteiger partial charge in [-0.05, 0) is 20.3 Å². The number of H-pyrrole nitrogens is 1. The first-order chi connectivity index (χ1) is 9.11. The number of aromatic nitrogens is 1. The van der Waals surface area contributed by atoms with Crippen LogP contribution >= 0.6 is 0 Å². The van der Waals surface area contributed by atoms with Gasteiger partial charge in [0.15, 0.2) is 5.43 Å². The number of aryl methyl sites for hydroxylation is 1. The Morgan fingerprint density at radius 1 is 1.58 bits per heavy atom. The van der Waals surface area contributed by atoms with Gasteiger partial charge in [0.2, 0.25) is 0 Å². The van der Waals surface area contributed by atoms with Crippen molar-refractivity contribution in [2.24, 2.45) is 5.92 Å². The molecule has 0 spiro atoms. The molecule has 1 N–H and O–H groups in total. The van der Waals surface area contributed by atoms with Crippen LogP contribution in [0.3, 0.4) is 0 Å². The average molecular weight is 264 g/mol. The summed E-state index contributed by atoms with van der Waals surface area (Å²) < 4.78 is 5.32. The number of ether oxygens (including phenoxy) is 1. The highest BCUT2D eigenvalue weighted by Gasteiger charge is 2.23. The number of amides is 1. The molecule has 1 aromatic heterocycles. The number of nitrogens with one attached hydrogen (secondary N) is 1. The minimum atomic E-state index is -0.220. The zero-order valence-electron chi connectivity index (χ0n) is 11.4. The number of rotatable bonds is 4. The number of pyridine rings is 1. The molecule has 2 heterocycles. The van der Waals surface area contributed by atoms with Gasteiger partial charge < -0.3 is 14.6 Å². The molecule has 0 aliphatic carbocycles. The molecule has 104 valence electrons. The third-order valence-corrected chi connectivity index (χ3v) is 3.46. The number of nitrogens with zero attached hydrogens (tertiary/aromatic N) is 1. The van der Waals surface area contributed by atoms with Crippen LogP contribution in [0.25, 0.3) is 0 Å². The molecule has 1 aliphatic rings. The fourth-order valence-electron chi connectivity index (χ4n) is 2.31. The molecular weight excluding hydrogens is 244 g/mol. The summed E-state index contributed by atoms with van der Waals surface area (Å²) in [7, 11) is 0. The van der Waals surface area contributed by atoms with Gasteiger partial charge in [0.25, 0.3) is 5.91 Å². The van der Waals surface area contributed by atoms with Crippen LogP contribution in [0.15, 0.2) is 17.1 Å². The van der Waals surface area contributed by atoms with E-state index in [0.717, 1.165) is 18.7 Å². The fraction of sp³-hybridized carbons (Fsp3) is 0.571. The van der Waals surface area contributed by atoms with Crippen molar-refractivity contribution in [3.8, 4) is 0 Å². The van der Waals surface area contributed by atoms with Gasteiger partial charge in [-0.3, -0.25) is 9.59 Å². The Labute approximate surface area is 112 Å². The molecule has 1 atom stereocenters. The van der Waals surface area contributed by atoms with E-state index in [0.29, 0.717) is 25.6 Å². The first-order valence-electron chi connectivity index (χ1n) is 6.68. The van der Waals surface area contributed by atoms with Gasteiger partial charge in [0.05, 0.1) is 6.61 Å². The molecule has 5 heteroatoms. The molecule has 19 heavy (non-hydrogen) atoms. The maximum atomic E-state index is 12.4. The van der Waals surface area contributed by atoms with Gasteiger partial charge in [-0.2, -0.15) is 0 Å². The minimum Gasteiger partial charge on any atom is -0.381 e. The van der Waals surface area contributed by atoms with Crippen LogP contribution in [0.2, 0.25) is 0 Å². The molecule has 1 saturated heterocycles. The average Bonchev–Trinajstić information content (AvgIpc) is 2.88. The highest BCUT2D eigenvalue weighted by molar-refractivity contribution is 5.93. The Hall–Kier alpha value is -1.62. The number of hydrogen-bond acceptors (Lipinski definition) is 3. The molecule has 1 aliphatic heterocycles. The molecule has 0 radical (unpaired) electrons. The Morgan fingerprint density at radius 3 is 2.95 bits per heavy atom. The van der Waals surface area contributed by atoms with E-state index in [1.54, 1.807) is 11.8 Å². The highest BCUT2D eigenvalue weighted by atomic mass is 16.5. The van der Waals surface area contributed by atoms with E-state index >= 15 is 0 Å². The Morgan fingerprint density at radius 2 is 2.37 bits per heavy atom.